The normalized spacial score (nSPS) is 19.6. The Morgan fingerprint density at radius 3 is 2.63 bits per heavy atom. The average Bonchev–Trinajstić information content (AvgIpc) is 3.23. The van der Waals surface area contributed by atoms with Crippen molar-refractivity contribution in [3.05, 3.63) is 51.7 Å². The number of hydrogen-bond donors (Lipinski definition) is 1. The maximum absolute atomic E-state index is 12.9. The fourth-order valence-corrected chi connectivity index (χ4v) is 5.88. The number of sulfonamides is 1. The van der Waals surface area contributed by atoms with Crippen LogP contribution in [0.3, 0.4) is 0 Å². The van der Waals surface area contributed by atoms with Gasteiger partial charge in [-0.15, -0.1) is 11.3 Å². The zero-order valence-electron chi connectivity index (χ0n) is 15.4. The molecule has 0 spiro atoms. The van der Waals surface area contributed by atoms with Gasteiger partial charge in [0.15, 0.2) is 0 Å². The number of hydrogen-bond acceptors (Lipinski definition) is 5. The molecule has 1 fully saturated rings. The summed E-state index contributed by atoms with van der Waals surface area (Å²) in [6.45, 7) is 3.41. The Balaban J connectivity index is 1.51. The zero-order valence-corrected chi connectivity index (χ0v) is 17.0. The largest absolute Gasteiger partial charge is 0.379 e. The fourth-order valence-electron chi connectivity index (χ4n) is 3.93. The third-order valence-electron chi connectivity index (χ3n) is 5.46. The van der Waals surface area contributed by atoms with Gasteiger partial charge in [-0.1, -0.05) is 12.1 Å². The van der Waals surface area contributed by atoms with Crippen LogP contribution < -0.4 is 4.72 Å². The minimum Gasteiger partial charge on any atom is -0.379 e. The van der Waals surface area contributed by atoms with Crippen molar-refractivity contribution in [1.82, 2.24) is 9.62 Å². The van der Waals surface area contributed by atoms with Crippen molar-refractivity contribution in [3.63, 3.8) is 0 Å². The highest BCUT2D eigenvalue weighted by atomic mass is 32.2. The van der Waals surface area contributed by atoms with Gasteiger partial charge in [0.25, 0.3) is 0 Å². The number of aryl methyl sites for hydroxylation is 2. The van der Waals surface area contributed by atoms with E-state index < -0.39 is 10.0 Å². The van der Waals surface area contributed by atoms with E-state index in [-0.39, 0.29) is 6.04 Å². The Morgan fingerprint density at radius 1 is 1.11 bits per heavy atom. The van der Waals surface area contributed by atoms with Gasteiger partial charge in [-0.2, -0.15) is 0 Å². The molecule has 1 N–H and O–H groups in total. The number of benzene rings is 1. The van der Waals surface area contributed by atoms with Crippen molar-refractivity contribution in [2.45, 2.75) is 36.6 Å². The van der Waals surface area contributed by atoms with E-state index >= 15 is 0 Å². The maximum Gasteiger partial charge on any atom is 0.240 e. The molecule has 2 aromatic rings. The van der Waals surface area contributed by atoms with Crippen molar-refractivity contribution in [2.75, 3.05) is 32.8 Å². The van der Waals surface area contributed by atoms with Gasteiger partial charge in [0, 0.05) is 24.5 Å². The molecule has 2 aliphatic rings. The summed E-state index contributed by atoms with van der Waals surface area (Å²) in [6, 6.07) is 9.75. The van der Waals surface area contributed by atoms with Crippen LogP contribution >= 0.6 is 11.3 Å². The summed E-state index contributed by atoms with van der Waals surface area (Å²) in [5.74, 6) is 0. The summed E-state index contributed by atoms with van der Waals surface area (Å²) in [4.78, 5) is 3.88. The van der Waals surface area contributed by atoms with E-state index in [9.17, 15) is 8.42 Å². The Morgan fingerprint density at radius 2 is 1.89 bits per heavy atom. The second-order valence-corrected chi connectivity index (χ2v) is 9.92. The monoisotopic (exact) mass is 406 g/mol. The first-order valence-corrected chi connectivity index (χ1v) is 12.0. The van der Waals surface area contributed by atoms with Gasteiger partial charge in [0.05, 0.1) is 24.2 Å². The molecule has 1 aliphatic carbocycles. The maximum atomic E-state index is 12.9. The molecule has 7 heteroatoms. The molecule has 0 amide bonds. The third kappa shape index (κ3) is 4.43. The molecule has 146 valence electrons. The van der Waals surface area contributed by atoms with E-state index in [2.05, 4.69) is 15.7 Å². The molecular formula is C20H26N2O3S2. The van der Waals surface area contributed by atoms with Crippen molar-refractivity contribution in [2.24, 2.45) is 0 Å². The highest BCUT2D eigenvalue weighted by Gasteiger charge is 2.26. The SMILES string of the molecule is O=S(=O)(NC[C@H](c1cccs1)N1CCOCC1)c1ccc2c(c1)CCCC2. The first-order chi connectivity index (χ1) is 13.1. The molecule has 1 aromatic heterocycles. The standard InChI is InChI=1S/C20H26N2O3S2/c23-27(24,18-8-7-16-4-1-2-5-17(16)14-18)21-15-19(20-6-3-13-26-20)22-9-11-25-12-10-22/h3,6-8,13-14,19,21H,1-2,4-5,9-12,15H2/t19-/m1/s1. The lowest BCUT2D eigenvalue weighted by molar-refractivity contribution is 0.0179. The molecule has 0 saturated carbocycles. The van der Waals surface area contributed by atoms with Crippen LogP contribution in [0.4, 0.5) is 0 Å². The summed E-state index contributed by atoms with van der Waals surface area (Å²) >= 11 is 1.67. The van der Waals surface area contributed by atoms with E-state index in [4.69, 9.17) is 4.74 Å². The molecule has 1 atom stereocenters. The van der Waals surface area contributed by atoms with Crippen LogP contribution in [-0.4, -0.2) is 46.2 Å². The van der Waals surface area contributed by atoms with Gasteiger partial charge in [-0.05, 0) is 60.4 Å². The first-order valence-electron chi connectivity index (χ1n) is 9.60. The minimum atomic E-state index is -3.52. The smallest absolute Gasteiger partial charge is 0.240 e. The minimum absolute atomic E-state index is 0.0429. The fraction of sp³-hybridized carbons (Fsp3) is 0.500. The van der Waals surface area contributed by atoms with Crippen molar-refractivity contribution in [1.29, 1.82) is 0 Å². The van der Waals surface area contributed by atoms with E-state index in [0.717, 1.165) is 32.4 Å². The van der Waals surface area contributed by atoms with Crippen LogP contribution in [-0.2, 0) is 27.6 Å². The predicted octanol–water partition coefficient (Wildman–Crippen LogP) is 2.98. The van der Waals surface area contributed by atoms with Gasteiger partial charge < -0.3 is 4.74 Å². The number of nitrogens with one attached hydrogen (secondary N) is 1. The first kappa shape index (κ1) is 19.1. The van der Waals surface area contributed by atoms with Crippen LogP contribution in [0.1, 0.15) is 34.9 Å². The Kier molecular flexibility index (Phi) is 5.94. The summed E-state index contributed by atoms with van der Waals surface area (Å²) in [6.07, 6.45) is 4.37. The Bertz CT molecular complexity index is 859. The number of thiophene rings is 1. The number of fused-ring (bicyclic) bond motifs is 1. The van der Waals surface area contributed by atoms with E-state index in [0.29, 0.717) is 24.7 Å². The summed E-state index contributed by atoms with van der Waals surface area (Å²) in [7, 11) is -3.52. The molecule has 0 unspecified atom stereocenters. The van der Waals surface area contributed by atoms with Gasteiger partial charge in [0.2, 0.25) is 10.0 Å². The van der Waals surface area contributed by atoms with Crippen LogP contribution in [0.15, 0.2) is 40.6 Å². The number of ether oxygens (including phenoxy) is 1. The Hall–Kier alpha value is -1.25. The van der Waals surface area contributed by atoms with Gasteiger partial charge >= 0.3 is 0 Å². The molecule has 1 saturated heterocycles. The Labute approximate surface area is 165 Å². The summed E-state index contributed by atoms with van der Waals surface area (Å²) in [5, 5.41) is 2.04. The molecule has 4 rings (SSSR count). The van der Waals surface area contributed by atoms with Crippen LogP contribution in [0, 0.1) is 0 Å². The second-order valence-electron chi connectivity index (χ2n) is 7.17. The molecule has 1 aliphatic heterocycles. The highest BCUT2D eigenvalue weighted by molar-refractivity contribution is 7.89. The van der Waals surface area contributed by atoms with Gasteiger partial charge in [-0.3, -0.25) is 4.90 Å². The molecule has 27 heavy (non-hydrogen) atoms. The lowest BCUT2D eigenvalue weighted by atomic mass is 9.92. The lowest BCUT2D eigenvalue weighted by Crippen LogP contribution is -2.43. The summed E-state index contributed by atoms with van der Waals surface area (Å²) < 4.78 is 34.2. The van der Waals surface area contributed by atoms with Crippen LogP contribution in [0.2, 0.25) is 0 Å². The van der Waals surface area contributed by atoms with Crippen molar-refractivity contribution < 1.29 is 13.2 Å². The van der Waals surface area contributed by atoms with Gasteiger partial charge in [-0.25, -0.2) is 13.1 Å². The van der Waals surface area contributed by atoms with Crippen molar-refractivity contribution >= 4 is 21.4 Å². The predicted molar refractivity (Wildman–Crippen MR) is 108 cm³/mol. The zero-order chi connectivity index (χ0) is 18.7. The number of rotatable bonds is 6. The molecule has 2 heterocycles. The van der Waals surface area contributed by atoms with Gasteiger partial charge in [0.1, 0.15) is 0 Å². The molecular weight excluding hydrogens is 380 g/mol. The summed E-state index contributed by atoms with van der Waals surface area (Å²) in [5.41, 5.74) is 2.48. The van der Waals surface area contributed by atoms with Crippen molar-refractivity contribution in [3.8, 4) is 0 Å². The van der Waals surface area contributed by atoms with E-state index in [1.165, 1.54) is 22.4 Å². The molecule has 0 radical (unpaired) electrons. The van der Waals surface area contributed by atoms with E-state index in [1.54, 1.807) is 17.4 Å². The topological polar surface area (TPSA) is 58.6 Å². The number of nitrogens with zero attached hydrogens (tertiary/aromatic N) is 1. The van der Waals surface area contributed by atoms with Crippen LogP contribution in [0.5, 0.6) is 0 Å². The van der Waals surface area contributed by atoms with E-state index in [1.807, 2.05) is 23.6 Å². The molecule has 5 nitrogen and oxygen atoms in total. The second kappa shape index (κ2) is 8.41. The lowest BCUT2D eigenvalue weighted by Gasteiger charge is -2.34. The van der Waals surface area contributed by atoms with Crippen LogP contribution in [0.25, 0.3) is 0 Å². The highest BCUT2D eigenvalue weighted by Crippen LogP contribution is 2.27. The number of morpholine rings is 1. The third-order valence-corrected chi connectivity index (χ3v) is 7.85. The average molecular weight is 407 g/mol. The molecule has 0 bridgehead atoms. The molecule has 1 aromatic carbocycles. The quantitative estimate of drug-likeness (QED) is 0.801.